The molecular formula is C30H30BF4NO3. The van der Waals surface area contributed by atoms with E-state index in [0.29, 0.717) is 29.8 Å². The van der Waals surface area contributed by atoms with E-state index in [9.17, 15) is 13.2 Å². The molecular weight excluding hydrogens is 509 g/mol. The molecule has 0 atom stereocenters. The van der Waals surface area contributed by atoms with Crippen LogP contribution in [-0.2, 0) is 0 Å². The summed E-state index contributed by atoms with van der Waals surface area (Å²) >= 11 is 0. The van der Waals surface area contributed by atoms with Gasteiger partial charge in [-0.25, -0.2) is 13.2 Å². The van der Waals surface area contributed by atoms with E-state index in [1.54, 1.807) is 36.4 Å². The van der Waals surface area contributed by atoms with Gasteiger partial charge in [-0.15, -0.1) is 12.1 Å². The minimum absolute atomic E-state index is 0.141. The zero-order valence-electron chi connectivity index (χ0n) is 22.0. The molecule has 0 saturated heterocycles. The van der Waals surface area contributed by atoms with E-state index in [1.807, 2.05) is 20.8 Å². The molecule has 0 amide bonds. The van der Waals surface area contributed by atoms with Crippen LogP contribution in [0.3, 0.4) is 0 Å². The zero-order chi connectivity index (χ0) is 28.3. The van der Waals surface area contributed by atoms with Gasteiger partial charge in [0, 0.05) is 11.9 Å². The van der Waals surface area contributed by atoms with Gasteiger partial charge in [0.25, 0.3) is 0 Å². The molecule has 0 heterocycles. The number of para-hydroxylation sites is 2. The lowest BCUT2D eigenvalue weighted by Gasteiger charge is -2.35. The Kier molecular flexibility index (Phi) is 10.8. The molecule has 0 fully saturated rings. The molecule has 0 unspecified atom stereocenters. The second kappa shape index (κ2) is 14.3. The van der Waals surface area contributed by atoms with Gasteiger partial charge in [-0.05, 0) is 51.1 Å². The molecule has 4 nitrogen and oxygen atoms in total. The molecule has 4 rings (SSSR count). The van der Waals surface area contributed by atoms with Crippen molar-refractivity contribution in [1.82, 2.24) is 4.48 Å². The Bertz CT molecular complexity index is 1270. The molecule has 0 aromatic heterocycles. The van der Waals surface area contributed by atoms with E-state index in [1.165, 1.54) is 54.6 Å². The summed E-state index contributed by atoms with van der Waals surface area (Å²) in [5.41, 5.74) is 0.463. The third kappa shape index (κ3) is 7.77. The van der Waals surface area contributed by atoms with Gasteiger partial charge < -0.3 is 14.0 Å². The number of nitrogens with zero attached hydrogens (tertiary/aromatic N) is 1. The van der Waals surface area contributed by atoms with Crippen LogP contribution in [0, 0.1) is 29.3 Å². The molecule has 39 heavy (non-hydrogen) atoms. The van der Waals surface area contributed by atoms with Crippen molar-refractivity contribution in [2.75, 3.05) is 19.6 Å². The fourth-order valence-corrected chi connectivity index (χ4v) is 3.97. The van der Waals surface area contributed by atoms with Crippen LogP contribution in [0.4, 0.5) is 23.2 Å². The van der Waals surface area contributed by atoms with Gasteiger partial charge in [-0.3, -0.25) is 4.48 Å². The van der Waals surface area contributed by atoms with Crippen LogP contribution in [0.5, 0.6) is 17.2 Å². The second-order valence-corrected chi connectivity index (χ2v) is 8.40. The third-order valence-corrected chi connectivity index (χ3v) is 6.28. The Hall–Kier alpha value is -3.98. The van der Waals surface area contributed by atoms with Gasteiger partial charge in [0.05, 0.1) is 19.6 Å². The Morgan fingerprint density at radius 1 is 0.615 bits per heavy atom. The first-order valence-electron chi connectivity index (χ1n) is 12.6. The van der Waals surface area contributed by atoms with Crippen LogP contribution in [-0.4, -0.2) is 27.0 Å². The van der Waals surface area contributed by atoms with Gasteiger partial charge in [0.15, 0.2) is 17.3 Å². The molecule has 4 aromatic rings. The number of hydrogen-bond acceptors (Lipinski definition) is 3. The van der Waals surface area contributed by atoms with E-state index in [4.69, 9.17) is 14.0 Å². The maximum Gasteiger partial charge on any atom is 0.864 e. The highest BCUT2D eigenvalue weighted by atomic mass is 19.1. The fraction of sp³-hybridized carbons (Fsp3) is 0.200. The van der Waals surface area contributed by atoms with E-state index in [-0.39, 0.29) is 23.1 Å². The lowest BCUT2D eigenvalue weighted by atomic mass is 10.1. The number of halogens is 4. The van der Waals surface area contributed by atoms with E-state index >= 15 is 4.39 Å². The first-order valence-corrected chi connectivity index (χ1v) is 12.6. The largest absolute Gasteiger partial charge is 0.864 e. The lowest BCUT2D eigenvalue weighted by Crippen LogP contribution is -2.49. The average Bonchev–Trinajstić information content (AvgIpc) is 2.95. The molecule has 9 heteroatoms. The standard InChI is InChI=1S/C24H26BF3NO3.C6H4F/c1-4-29(5-2,6-3)20-14-11-17-23(24(20)28)32-25(30-21-15-9-7-12-18(21)26)31-22-16-10-8-13-19(22)27;7-6-4-2-1-3-5-6/h7-17H,4-6H2,1-3H3;1-4H/q+1;-1. The van der Waals surface area contributed by atoms with E-state index in [0.717, 1.165) is 0 Å². The van der Waals surface area contributed by atoms with Crippen LogP contribution >= 0.6 is 0 Å². The fourth-order valence-electron chi connectivity index (χ4n) is 3.97. The average molecular weight is 539 g/mol. The summed E-state index contributed by atoms with van der Waals surface area (Å²) in [4.78, 5) is 0. The predicted octanol–water partition coefficient (Wildman–Crippen LogP) is 7.62. The minimum Gasteiger partial charge on any atom is -0.487 e. The first kappa shape index (κ1) is 29.6. The van der Waals surface area contributed by atoms with Crippen LogP contribution in [0.15, 0.2) is 91.0 Å². The Morgan fingerprint density at radius 3 is 1.54 bits per heavy atom. The summed E-state index contributed by atoms with van der Waals surface area (Å²) in [6, 6.07) is 24.7. The highest BCUT2D eigenvalue weighted by Gasteiger charge is 2.36. The molecule has 4 aromatic carbocycles. The maximum absolute atomic E-state index is 15.5. The smallest absolute Gasteiger partial charge is 0.487 e. The molecule has 0 N–H and O–H groups in total. The van der Waals surface area contributed by atoms with Crippen LogP contribution in [0.1, 0.15) is 20.8 Å². The minimum atomic E-state index is -1.64. The van der Waals surface area contributed by atoms with E-state index < -0.39 is 24.8 Å². The van der Waals surface area contributed by atoms with Gasteiger partial charge in [-0.1, -0.05) is 30.3 Å². The molecule has 0 spiro atoms. The monoisotopic (exact) mass is 539 g/mol. The van der Waals surface area contributed by atoms with Crippen molar-refractivity contribution in [2.24, 2.45) is 0 Å². The molecule has 0 radical (unpaired) electrons. The number of hydrogen-bond donors (Lipinski definition) is 0. The van der Waals surface area contributed by atoms with Crippen molar-refractivity contribution in [3.8, 4) is 17.2 Å². The van der Waals surface area contributed by atoms with Crippen LogP contribution in [0.2, 0.25) is 0 Å². The molecule has 0 saturated carbocycles. The Labute approximate surface area is 227 Å². The van der Waals surface area contributed by atoms with Crippen molar-refractivity contribution < 1.29 is 31.5 Å². The van der Waals surface area contributed by atoms with Crippen LogP contribution in [0.25, 0.3) is 0 Å². The summed E-state index contributed by atoms with van der Waals surface area (Å²) < 4.78 is 72.8. The zero-order valence-corrected chi connectivity index (χ0v) is 22.0. The molecule has 0 aliphatic rings. The second-order valence-electron chi connectivity index (χ2n) is 8.40. The van der Waals surface area contributed by atoms with Gasteiger partial charge in [-0.2, -0.15) is 22.6 Å². The number of benzene rings is 4. The van der Waals surface area contributed by atoms with Crippen molar-refractivity contribution in [1.29, 1.82) is 0 Å². The quantitative estimate of drug-likeness (QED) is 0.0899. The highest BCUT2D eigenvalue weighted by molar-refractivity contribution is 6.39. The summed E-state index contributed by atoms with van der Waals surface area (Å²) in [6.07, 6.45) is 0. The van der Waals surface area contributed by atoms with Gasteiger partial charge >= 0.3 is 7.32 Å². The van der Waals surface area contributed by atoms with Gasteiger partial charge in [0.1, 0.15) is 17.2 Å². The Balaban J connectivity index is 0.000000520. The van der Waals surface area contributed by atoms with Crippen molar-refractivity contribution in [3.63, 3.8) is 0 Å². The van der Waals surface area contributed by atoms with Crippen molar-refractivity contribution >= 4 is 13.0 Å². The lowest BCUT2D eigenvalue weighted by molar-refractivity contribution is 0.279. The molecule has 0 aliphatic carbocycles. The molecule has 204 valence electrons. The number of rotatable bonds is 10. The molecule has 0 aliphatic heterocycles. The molecule has 0 bridgehead atoms. The normalized spacial score (nSPS) is 10.7. The predicted molar refractivity (Wildman–Crippen MR) is 145 cm³/mol. The highest BCUT2D eigenvalue weighted by Crippen LogP contribution is 2.33. The third-order valence-electron chi connectivity index (χ3n) is 6.28. The topological polar surface area (TPSA) is 27.7 Å². The van der Waals surface area contributed by atoms with E-state index in [2.05, 4.69) is 6.07 Å². The SMILES string of the molecule is CC[N+](CC)(CC)c1cccc(OB(Oc2ccccc2F)Oc2ccccc2F)c1F.Fc1[c-]cccc1. The Morgan fingerprint density at radius 2 is 1.10 bits per heavy atom. The van der Waals surface area contributed by atoms with Crippen LogP contribution < -0.4 is 18.4 Å². The summed E-state index contributed by atoms with van der Waals surface area (Å²) in [5, 5.41) is 0. The summed E-state index contributed by atoms with van der Waals surface area (Å²) in [6.45, 7) is 8.04. The number of quaternary nitrogens is 1. The van der Waals surface area contributed by atoms with Gasteiger partial charge in [0.2, 0.25) is 5.82 Å². The summed E-state index contributed by atoms with van der Waals surface area (Å²) in [7, 11) is -1.64. The summed E-state index contributed by atoms with van der Waals surface area (Å²) in [5.74, 6) is -2.69. The van der Waals surface area contributed by atoms with Crippen molar-refractivity contribution in [2.45, 2.75) is 20.8 Å². The first-order chi connectivity index (χ1) is 18.8. The van der Waals surface area contributed by atoms with Crippen molar-refractivity contribution in [3.05, 3.63) is 120 Å². The maximum atomic E-state index is 15.5.